The fourth-order valence-electron chi connectivity index (χ4n) is 0. The lowest BCUT2D eigenvalue weighted by Gasteiger charge is -2.25. The van der Waals surface area contributed by atoms with E-state index >= 15 is 0 Å². The molecule has 0 aromatic heterocycles. The van der Waals surface area contributed by atoms with Crippen molar-refractivity contribution in [1.82, 2.24) is 0 Å². The molecule has 0 saturated carbocycles. The van der Waals surface area contributed by atoms with Gasteiger partial charge >= 0.3 is 0 Å². The fourth-order valence-corrected chi connectivity index (χ4v) is 0. The molecule has 0 aromatic rings. The number of hydrogen-bond donors (Lipinski definition) is 0. The van der Waals surface area contributed by atoms with Crippen molar-refractivity contribution in [2.24, 2.45) is 0 Å². The van der Waals surface area contributed by atoms with Crippen LogP contribution in [0.1, 0.15) is 13.8 Å². The minimum Gasteiger partial charge on any atom is -0.820 e. The molecule has 0 amide bonds. The molecule has 9 heavy (non-hydrogen) atoms. The third kappa shape index (κ3) is 31.7. The van der Waals surface area contributed by atoms with Crippen LogP contribution in [0.4, 0.5) is 0 Å². The molecular weight excluding hydrogens is 139 g/mol. The molecule has 0 unspecified atom stereocenters. The summed E-state index contributed by atoms with van der Waals surface area (Å²) in [5, 5.41) is 0. The highest BCUT2D eigenvalue weighted by molar-refractivity contribution is 7.36. The summed E-state index contributed by atoms with van der Waals surface area (Å²) in [6.45, 7) is 4.00. The van der Waals surface area contributed by atoms with Crippen LogP contribution < -0.4 is 9.79 Å². The first-order valence-electron chi connectivity index (χ1n) is 2.44. The van der Waals surface area contributed by atoms with Crippen molar-refractivity contribution in [2.45, 2.75) is 13.8 Å². The minimum absolute atomic E-state index is 1.10. The van der Waals surface area contributed by atoms with Crippen LogP contribution in [-0.4, -0.2) is 7.11 Å². The lowest BCUT2D eigenvalue weighted by Crippen LogP contribution is -2.07. The van der Waals surface area contributed by atoms with Gasteiger partial charge in [-0.05, 0) is 13.8 Å². The van der Waals surface area contributed by atoms with Crippen LogP contribution in [-0.2, 0) is 4.52 Å². The SMILES string of the molecule is C/C=C/C.COP([O-])[O-]. The molecule has 0 spiro atoms. The van der Waals surface area contributed by atoms with Gasteiger partial charge < -0.3 is 14.3 Å². The second kappa shape index (κ2) is 10.9. The van der Waals surface area contributed by atoms with Crippen molar-refractivity contribution in [3.05, 3.63) is 12.2 Å². The minimum atomic E-state index is -2.60. The van der Waals surface area contributed by atoms with Gasteiger partial charge in [0.05, 0.1) is 0 Å². The second-order valence-corrected chi connectivity index (χ2v) is 1.89. The molecule has 0 aliphatic carbocycles. The maximum absolute atomic E-state index is 9.18. The van der Waals surface area contributed by atoms with Crippen molar-refractivity contribution in [1.29, 1.82) is 0 Å². The molecule has 0 aromatic carbocycles. The van der Waals surface area contributed by atoms with E-state index in [-0.39, 0.29) is 0 Å². The van der Waals surface area contributed by atoms with Crippen LogP contribution >= 0.6 is 8.60 Å². The van der Waals surface area contributed by atoms with Gasteiger partial charge in [-0.15, -0.1) is 0 Å². The van der Waals surface area contributed by atoms with Crippen LogP contribution in [0, 0.1) is 0 Å². The first-order chi connectivity index (χ1) is 4.18. The maximum Gasteiger partial charge on any atom is 0.0365 e. The van der Waals surface area contributed by atoms with E-state index in [0.29, 0.717) is 0 Å². The second-order valence-electron chi connectivity index (χ2n) is 1.07. The van der Waals surface area contributed by atoms with Gasteiger partial charge in [0.25, 0.3) is 0 Å². The highest BCUT2D eigenvalue weighted by atomic mass is 31.2. The smallest absolute Gasteiger partial charge is 0.0365 e. The van der Waals surface area contributed by atoms with E-state index in [1.54, 1.807) is 0 Å². The lowest BCUT2D eigenvalue weighted by molar-refractivity contribution is -0.316. The average molecular weight is 150 g/mol. The predicted molar refractivity (Wildman–Crippen MR) is 34.4 cm³/mol. The largest absolute Gasteiger partial charge is 0.820 e. The van der Waals surface area contributed by atoms with Gasteiger partial charge in [-0.25, -0.2) is 0 Å². The van der Waals surface area contributed by atoms with Gasteiger partial charge in [-0.1, -0.05) is 12.2 Å². The highest BCUT2D eigenvalue weighted by Gasteiger charge is 1.51. The third-order valence-corrected chi connectivity index (χ3v) is 0.781. The number of rotatable bonds is 1. The molecule has 0 aliphatic rings. The molecular formula is C5H11O3P-2. The summed E-state index contributed by atoms with van der Waals surface area (Å²) in [7, 11) is -1.50. The first-order valence-corrected chi connectivity index (χ1v) is 3.54. The first kappa shape index (κ1) is 11.8. The van der Waals surface area contributed by atoms with E-state index in [1.807, 2.05) is 26.0 Å². The Labute approximate surface area is 57.0 Å². The Hall–Kier alpha value is 0.0500. The molecule has 0 N–H and O–H groups in total. The molecule has 0 aliphatic heterocycles. The summed E-state index contributed by atoms with van der Waals surface area (Å²) < 4.78 is 3.70. The van der Waals surface area contributed by atoms with Crippen LogP contribution in [0.5, 0.6) is 0 Å². The normalized spacial score (nSPS) is 9.56. The zero-order chi connectivity index (χ0) is 7.70. The number of allylic oxidation sites excluding steroid dienone is 2. The molecule has 56 valence electrons. The number of hydrogen-bond acceptors (Lipinski definition) is 3. The summed E-state index contributed by atoms with van der Waals surface area (Å²) >= 11 is 0. The Morgan fingerprint density at radius 3 is 1.44 bits per heavy atom. The molecule has 3 nitrogen and oxygen atoms in total. The quantitative estimate of drug-likeness (QED) is 0.395. The monoisotopic (exact) mass is 150 g/mol. The van der Waals surface area contributed by atoms with Crippen molar-refractivity contribution < 1.29 is 14.3 Å². The fraction of sp³-hybridized carbons (Fsp3) is 0.600. The Morgan fingerprint density at radius 1 is 1.22 bits per heavy atom. The van der Waals surface area contributed by atoms with E-state index in [4.69, 9.17) is 0 Å². The Balaban J connectivity index is 0. The van der Waals surface area contributed by atoms with E-state index in [0.717, 1.165) is 7.11 Å². The average Bonchev–Trinajstić information content (AvgIpc) is 1.89. The third-order valence-electron chi connectivity index (χ3n) is 0.482. The maximum atomic E-state index is 9.18. The summed E-state index contributed by atoms with van der Waals surface area (Å²) in [5.74, 6) is 0. The van der Waals surface area contributed by atoms with Crippen LogP contribution in [0.3, 0.4) is 0 Å². The van der Waals surface area contributed by atoms with Gasteiger partial charge in [-0.3, -0.25) is 0 Å². The standard InChI is InChI=1S/C4H8.CH3O3P/c1-3-4-2;1-4-5(2)3/h3-4H,1-2H3;1H3/q;-2/b4-3+;. The van der Waals surface area contributed by atoms with Gasteiger partial charge in [0.15, 0.2) is 0 Å². The van der Waals surface area contributed by atoms with Crippen LogP contribution in [0.15, 0.2) is 12.2 Å². The molecule has 0 bridgehead atoms. The van der Waals surface area contributed by atoms with E-state index in [9.17, 15) is 9.79 Å². The molecule has 0 radical (unpaired) electrons. The Morgan fingerprint density at radius 2 is 1.44 bits per heavy atom. The Kier molecular flexibility index (Phi) is 14.3. The van der Waals surface area contributed by atoms with E-state index in [2.05, 4.69) is 4.52 Å². The summed E-state index contributed by atoms with van der Waals surface area (Å²) in [6.07, 6.45) is 4.00. The topological polar surface area (TPSA) is 55.3 Å². The Bertz CT molecular complexity index is 59.2. The molecule has 0 atom stereocenters. The van der Waals surface area contributed by atoms with Crippen molar-refractivity contribution >= 4 is 8.60 Å². The van der Waals surface area contributed by atoms with Crippen molar-refractivity contribution in [3.63, 3.8) is 0 Å². The molecule has 4 heteroatoms. The lowest BCUT2D eigenvalue weighted by atomic mass is 10.6. The van der Waals surface area contributed by atoms with Gasteiger partial charge in [-0.2, -0.15) is 8.60 Å². The molecule has 0 heterocycles. The molecule has 0 fully saturated rings. The summed E-state index contributed by atoms with van der Waals surface area (Å²) in [5.41, 5.74) is 0. The summed E-state index contributed by atoms with van der Waals surface area (Å²) in [6, 6.07) is 0. The van der Waals surface area contributed by atoms with Gasteiger partial charge in [0, 0.05) is 7.11 Å². The molecule has 0 rings (SSSR count). The molecule has 0 saturated heterocycles. The van der Waals surface area contributed by atoms with Crippen molar-refractivity contribution in [3.8, 4) is 0 Å². The van der Waals surface area contributed by atoms with Gasteiger partial charge in [0.1, 0.15) is 0 Å². The van der Waals surface area contributed by atoms with E-state index in [1.165, 1.54) is 0 Å². The zero-order valence-electron chi connectivity index (χ0n) is 5.83. The van der Waals surface area contributed by atoms with Crippen molar-refractivity contribution in [2.75, 3.05) is 7.11 Å². The van der Waals surface area contributed by atoms with E-state index < -0.39 is 8.60 Å². The van der Waals surface area contributed by atoms with Crippen LogP contribution in [0.25, 0.3) is 0 Å². The van der Waals surface area contributed by atoms with Gasteiger partial charge in [0.2, 0.25) is 0 Å². The zero-order valence-corrected chi connectivity index (χ0v) is 6.72. The predicted octanol–water partition coefficient (Wildman–Crippen LogP) is 0.163. The van der Waals surface area contributed by atoms with Crippen LogP contribution in [0.2, 0.25) is 0 Å². The summed E-state index contributed by atoms with van der Waals surface area (Å²) in [4.78, 5) is 18.4. The highest BCUT2D eigenvalue weighted by Crippen LogP contribution is 2.07.